The van der Waals surface area contributed by atoms with Gasteiger partial charge in [0.15, 0.2) is 8.32 Å². The van der Waals surface area contributed by atoms with Gasteiger partial charge in [0.25, 0.3) is 0 Å². The first-order chi connectivity index (χ1) is 17.0. The van der Waals surface area contributed by atoms with E-state index in [1.165, 1.54) is 0 Å². The van der Waals surface area contributed by atoms with Crippen LogP contribution in [0.2, 0.25) is 18.1 Å². The summed E-state index contributed by atoms with van der Waals surface area (Å²) in [6.45, 7) is 15.0. The maximum absolute atomic E-state index is 14.2. The van der Waals surface area contributed by atoms with E-state index >= 15 is 0 Å². The van der Waals surface area contributed by atoms with E-state index in [2.05, 4.69) is 40.4 Å². The molecule has 4 atom stereocenters. The highest BCUT2D eigenvalue weighted by Gasteiger charge is 2.56. The van der Waals surface area contributed by atoms with Crippen molar-refractivity contribution in [3.8, 4) is 0 Å². The molecule has 0 bridgehead atoms. The Morgan fingerprint density at radius 1 is 1.17 bits per heavy atom. The highest BCUT2D eigenvalue weighted by Crippen LogP contribution is 2.43. The number of ether oxygens (including phenoxy) is 2. The molecule has 8 heteroatoms. The molecule has 1 aromatic rings. The molecule has 0 aliphatic carbocycles. The summed E-state index contributed by atoms with van der Waals surface area (Å²) in [5, 5.41) is -0.00720. The van der Waals surface area contributed by atoms with Crippen LogP contribution in [0.5, 0.6) is 0 Å². The monoisotopic (exact) mass is 510 g/mol. The molecule has 2 amide bonds. The number of carbonyl (C=O) groups is 2. The summed E-state index contributed by atoms with van der Waals surface area (Å²) < 4.78 is 18.1. The van der Waals surface area contributed by atoms with Crippen LogP contribution in [-0.2, 0) is 29.9 Å². The molecule has 7 nitrogen and oxygen atoms in total. The molecule has 194 valence electrons. The third-order valence-corrected chi connectivity index (χ3v) is 12.3. The summed E-state index contributed by atoms with van der Waals surface area (Å²) in [5.41, 5.74) is 1.90. The molecule has 0 spiro atoms. The van der Waals surface area contributed by atoms with E-state index in [9.17, 15) is 9.59 Å². The minimum atomic E-state index is -2.18. The zero-order valence-electron chi connectivity index (χ0n) is 22.0. The molecular formula is C28H38N2O5Si. The largest absolute Gasteiger partial charge is 0.473 e. The first kappa shape index (κ1) is 26.4. The smallest absolute Gasteiger partial charge is 0.248 e. The van der Waals surface area contributed by atoms with E-state index in [4.69, 9.17) is 13.9 Å². The van der Waals surface area contributed by atoms with Crippen molar-refractivity contribution >= 4 is 20.1 Å². The first-order valence-corrected chi connectivity index (χ1v) is 15.5. The normalized spacial score (nSPS) is 26.2. The quantitative estimate of drug-likeness (QED) is 0.295. The molecule has 2 saturated heterocycles. The Balaban J connectivity index is 1.69. The third-order valence-electron chi connectivity index (χ3n) is 7.78. The van der Waals surface area contributed by atoms with Gasteiger partial charge in [0.1, 0.15) is 18.8 Å². The van der Waals surface area contributed by atoms with Crippen LogP contribution >= 0.6 is 0 Å². The summed E-state index contributed by atoms with van der Waals surface area (Å²) in [5.74, 6) is -0.193. The fraction of sp³-hybridized carbons (Fsp3) is 0.500. The van der Waals surface area contributed by atoms with Gasteiger partial charge in [-0.25, -0.2) is 0 Å². The van der Waals surface area contributed by atoms with Crippen molar-refractivity contribution in [2.45, 2.75) is 76.0 Å². The van der Waals surface area contributed by atoms with E-state index in [0.717, 1.165) is 11.1 Å². The van der Waals surface area contributed by atoms with Gasteiger partial charge >= 0.3 is 0 Å². The van der Waals surface area contributed by atoms with Crippen molar-refractivity contribution in [3.63, 3.8) is 0 Å². The predicted molar refractivity (Wildman–Crippen MR) is 141 cm³/mol. The Morgan fingerprint density at radius 2 is 1.89 bits per heavy atom. The summed E-state index contributed by atoms with van der Waals surface area (Å²) in [6.07, 6.45) is 7.29. The average Bonchev–Trinajstić information content (AvgIpc) is 3.11. The lowest BCUT2D eigenvalue weighted by atomic mass is 9.98. The van der Waals surface area contributed by atoms with Gasteiger partial charge in [-0.3, -0.25) is 9.59 Å². The standard InChI is InChI=1S/C28H38N2O5Si/c1-7-14-34-19-29-22(16-20-11-9-8-10-12-20)27(32)30-23(26(29)31)17-21-18-33-15-13-24(25(21)30)35-36(5,6)28(2,3)4/h7-13,15,18,22-25H,1,14,16-17,19H2,2-6H3/t22-,23-,24+,25-/m0/s1. The Morgan fingerprint density at radius 3 is 2.56 bits per heavy atom. The van der Waals surface area contributed by atoms with Gasteiger partial charge in [-0.05, 0) is 35.3 Å². The Hall–Kier alpha value is -2.68. The number of fused-ring (bicyclic) bond motifs is 3. The van der Waals surface area contributed by atoms with Crippen molar-refractivity contribution in [3.05, 3.63) is 72.7 Å². The Labute approximate surface area is 215 Å². The SMILES string of the molecule is C=CCOCN1C(=O)[C@@H]2CC3=COC=C[C@@H](O[Si](C)(C)C(C)(C)C)[C@H]3N2C(=O)[C@@H]1Cc1ccccc1. The zero-order valence-corrected chi connectivity index (χ0v) is 23.0. The topological polar surface area (TPSA) is 68.3 Å². The number of piperazine rings is 1. The van der Waals surface area contributed by atoms with Crippen LogP contribution in [0, 0.1) is 0 Å². The fourth-order valence-electron chi connectivity index (χ4n) is 4.85. The zero-order chi connectivity index (χ0) is 26.1. The molecule has 0 saturated carbocycles. The second-order valence-electron chi connectivity index (χ2n) is 11.2. The summed E-state index contributed by atoms with van der Waals surface area (Å²) >= 11 is 0. The minimum Gasteiger partial charge on any atom is -0.473 e. The van der Waals surface area contributed by atoms with Crippen LogP contribution in [0.4, 0.5) is 0 Å². The molecule has 0 radical (unpaired) electrons. The summed E-state index contributed by atoms with van der Waals surface area (Å²) in [7, 11) is -2.18. The van der Waals surface area contributed by atoms with Crippen molar-refractivity contribution in [1.29, 1.82) is 0 Å². The van der Waals surface area contributed by atoms with Crippen molar-refractivity contribution in [2.75, 3.05) is 13.3 Å². The van der Waals surface area contributed by atoms with Gasteiger partial charge in [-0.2, -0.15) is 0 Å². The van der Waals surface area contributed by atoms with Crippen LogP contribution in [0.15, 0.2) is 67.2 Å². The molecule has 3 aliphatic rings. The number of carbonyl (C=O) groups excluding carboxylic acids is 2. The molecule has 2 fully saturated rings. The van der Waals surface area contributed by atoms with Gasteiger partial charge in [0.2, 0.25) is 11.8 Å². The molecule has 0 unspecified atom stereocenters. The minimum absolute atomic E-state index is 0.00720. The first-order valence-electron chi connectivity index (χ1n) is 12.6. The molecule has 4 rings (SSSR count). The van der Waals surface area contributed by atoms with Crippen molar-refractivity contribution in [1.82, 2.24) is 9.80 Å². The van der Waals surface area contributed by atoms with Gasteiger partial charge in [0.05, 0.1) is 31.3 Å². The van der Waals surface area contributed by atoms with Crippen molar-refractivity contribution < 1.29 is 23.5 Å². The molecule has 0 N–H and O–H groups in total. The summed E-state index contributed by atoms with van der Waals surface area (Å²) in [4.78, 5) is 31.4. The average molecular weight is 511 g/mol. The van der Waals surface area contributed by atoms with Crippen LogP contribution in [-0.4, -0.2) is 67.5 Å². The highest BCUT2D eigenvalue weighted by molar-refractivity contribution is 6.74. The van der Waals surface area contributed by atoms with E-state index < -0.39 is 20.4 Å². The number of amides is 2. The second-order valence-corrected chi connectivity index (χ2v) is 16.0. The lowest BCUT2D eigenvalue weighted by Gasteiger charge is -2.46. The molecular weight excluding hydrogens is 472 g/mol. The molecule has 0 aromatic heterocycles. The van der Waals surface area contributed by atoms with Crippen LogP contribution in [0.25, 0.3) is 0 Å². The number of nitrogens with zero attached hydrogens (tertiary/aromatic N) is 2. The van der Waals surface area contributed by atoms with E-state index in [-0.39, 0.29) is 35.7 Å². The Bertz CT molecular complexity index is 1050. The summed E-state index contributed by atoms with van der Waals surface area (Å²) in [6, 6.07) is 8.14. The number of benzene rings is 1. The van der Waals surface area contributed by atoms with Crippen LogP contribution < -0.4 is 0 Å². The lowest BCUT2D eigenvalue weighted by Crippen LogP contribution is -2.66. The second kappa shape index (κ2) is 10.4. The van der Waals surface area contributed by atoms with Crippen LogP contribution in [0.3, 0.4) is 0 Å². The third kappa shape index (κ3) is 5.07. The van der Waals surface area contributed by atoms with E-state index in [0.29, 0.717) is 19.4 Å². The number of hydrogen-bond donors (Lipinski definition) is 0. The van der Waals surface area contributed by atoms with Crippen molar-refractivity contribution in [2.24, 2.45) is 0 Å². The molecule has 1 aromatic carbocycles. The van der Waals surface area contributed by atoms with Crippen LogP contribution in [0.1, 0.15) is 32.8 Å². The predicted octanol–water partition coefficient (Wildman–Crippen LogP) is 4.39. The maximum Gasteiger partial charge on any atom is 0.248 e. The Kier molecular flexibility index (Phi) is 7.59. The number of hydrogen-bond acceptors (Lipinski definition) is 5. The van der Waals surface area contributed by atoms with Gasteiger partial charge in [-0.15, -0.1) is 6.58 Å². The maximum atomic E-state index is 14.2. The molecule has 36 heavy (non-hydrogen) atoms. The van der Waals surface area contributed by atoms with Gasteiger partial charge < -0.3 is 23.7 Å². The fourth-order valence-corrected chi connectivity index (χ4v) is 6.09. The highest BCUT2D eigenvalue weighted by atomic mass is 28.4. The molecule has 3 heterocycles. The molecule has 3 aliphatic heterocycles. The van der Waals surface area contributed by atoms with Gasteiger partial charge in [0, 0.05) is 12.8 Å². The lowest BCUT2D eigenvalue weighted by molar-refractivity contribution is -0.168. The van der Waals surface area contributed by atoms with Gasteiger partial charge in [-0.1, -0.05) is 57.2 Å². The van der Waals surface area contributed by atoms with E-state index in [1.807, 2.05) is 36.4 Å². The number of rotatable bonds is 8. The van der Waals surface area contributed by atoms with E-state index in [1.54, 1.807) is 28.4 Å².